The summed E-state index contributed by atoms with van der Waals surface area (Å²) in [5, 5.41) is 20.7. The van der Waals surface area contributed by atoms with Gasteiger partial charge in [0.25, 0.3) is 0 Å². The quantitative estimate of drug-likeness (QED) is 0.138. The van der Waals surface area contributed by atoms with Gasteiger partial charge in [0.05, 0.1) is 98.5 Å². The normalized spacial score (nSPS) is 12.3. The van der Waals surface area contributed by atoms with Gasteiger partial charge in [-0.2, -0.15) is 0 Å². The lowest BCUT2D eigenvalue weighted by Crippen LogP contribution is -1.98. The first kappa shape index (κ1) is 79.4. The predicted octanol–water partition coefficient (Wildman–Crippen LogP) is 35.4. The second-order valence-electron chi connectivity index (χ2n) is 37.4. The molecule has 0 saturated carbocycles. The van der Waals surface area contributed by atoms with Gasteiger partial charge >= 0.3 is 0 Å². The van der Waals surface area contributed by atoms with Gasteiger partial charge in [0.2, 0.25) is 17.1 Å². The van der Waals surface area contributed by atoms with Crippen molar-refractivity contribution in [3.8, 4) is 67.5 Å². The average molecular weight is 1880 g/mol. The number of aromatic nitrogens is 9. The summed E-state index contributed by atoms with van der Waals surface area (Å²) in [5.74, 6) is 0. The van der Waals surface area contributed by atoms with E-state index in [0.29, 0.717) is 17.1 Å². The number of benzene rings is 19. The van der Waals surface area contributed by atoms with E-state index < -0.39 is 0 Å². The summed E-state index contributed by atoms with van der Waals surface area (Å²) >= 11 is 1.90. The van der Waals surface area contributed by atoms with Crippen LogP contribution in [0.15, 0.2) is 470 Å². The Kier molecular flexibility index (Phi) is 16.7. The van der Waals surface area contributed by atoms with Crippen LogP contribution in [0.5, 0.6) is 0 Å². The first-order chi connectivity index (χ1) is 71.9. The van der Waals surface area contributed by atoms with Crippen molar-refractivity contribution in [2.24, 2.45) is 0 Å². The summed E-state index contributed by atoms with van der Waals surface area (Å²) in [6.07, 6.45) is 5.44. The SMILES string of the molecule is c1ccc(-c2cccc(-n3c4cccc5oc6ccc7oc8cccc3c8c7c6c54)c2)cc1.c1ccc(-c2cccc(-n3c4cccc5oc6ccc7oc8nccc3c8c7c6c54)c2)cc1.c1ccc(-c2cccc(-n3c4ccnc5oc6ccc7oc8nccc3c8c7c6c54)c2)cc1.c1ccc(-n2c3ccccc3c3cc(-n4c5cccc6sc7ccc8c(c7c65)c5c4cccc5n8-c4ccccc4)ccc32)cc1. The summed E-state index contributed by atoms with van der Waals surface area (Å²) in [4.78, 5) is 13.7. The van der Waals surface area contributed by atoms with Gasteiger partial charge in [0.1, 0.15) is 50.2 Å². The molecule has 0 atom stereocenters. The highest BCUT2D eigenvalue weighted by molar-refractivity contribution is 7.26. The van der Waals surface area contributed by atoms with Crippen LogP contribution in [-0.2, 0) is 0 Å². The maximum atomic E-state index is 6.30. The third kappa shape index (κ3) is 11.5. The molecule has 0 amide bonds. The molecule has 676 valence electrons. The third-order valence-corrected chi connectivity index (χ3v) is 30.9. The number of furan rings is 6. The van der Waals surface area contributed by atoms with E-state index in [9.17, 15) is 0 Å². The number of pyridine rings is 3. The lowest BCUT2D eigenvalue weighted by molar-refractivity contribution is 0.648. The van der Waals surface area contributed by atoms with Crippen LogP contribution in [0.25, 0.3) is 307 Å². The number of para-hydroxylation sites is 3. The van der Waals surface area contributed by atoms with Crippen LogP contribution in [0.2, 0.25) is 0 Å². The van der Waals surface area contributed by atoms with Crippen molar-refractivity contribution in [1.29, 1.82) is 0 Å². The van der Waals surface area contributed by atoms with Crippen LogP contribution >= 0.6 is 11.3 Å². The topological polar surface area (TPSA) is 147 Å². The zero-order chi connectivity index (χ0) is 94.5. The minimum Gasteiger partial charge on any atom is -0.456 e. The maximum Gasteiger partial charge on any atom is 0.229 e. The highest BCUT2D eigenvalue weighted by Crippen LogP contribution is 2.53. The molecule has 0 radical (unpaired) electrons. The zero-order valence-electron chi connectivity index (χ0n) is 77.0. The number of hydrogen-bond donors (Lipinski definition) is 0. The fraction of sp³-hybridized carbons (Fsp3) is 0. The third-order valence-electron chi connectivity index (χ3n) is 29.7. The number of nitrogens with zero attached hydrogens (tertiary/aromatic N) is 9. The van der Waals surface area contributed by atoms with Gasteiger partial charge in [-0.25, -0.2) is 15.0 Å². The zero-order valence-corrected chi connectivity index (χ0v) is 77.8. The highest BCUT2D eigenvalue weighted by atomic mass is 32.1. The van der Waals surface area contributed by atoms with Gasteiger partial charge < -0.3 is 53.9 Å². The van der Waals surface area contributed by atoms with Crippen molar-refractivity contribution < 1.29 is 26.5 Å². The Hall–Kier alpha value is -19.6. The molecule has 0 N–H and O–H groups in total. The van der Waals surface area contributed by atoms with Crippen molar-refractivity contribution in [2.75, 3.05) is 0 Å². The van der Waals surface area contributed by atoms with E-state index in [1.165, 1.54) is 114 Å². The van der Waals surface area contributed by atoms with E-state index in [-0.39, 0.29) is 0 Å². The van der Waals surface area contributed by atoms with Crippen LogP contribution in [0.1, 0.15) is 0 Å². The minimum absolute atomic E-state index is 0.620. The first-order valence-corrected chi connectivity index (χ1v) is 49.5. The second-order valence-corrected chi connectivity index (χ2v) is 38.5. The number of fused-ring (bicyclic) bond motifs is 3. The Labute approximate surface area is 825 Å². The van der Waals surface area contributed by atoms with Gasteiger partial charge in [-0.1, -0.05) is 212 Å². The molecule has 0 spiro atoms. The highest BCUT2D eigenvalue weighted by Gasteiger charge is 2.31. The summed E-state index contributed by atoms with van der Waals surface area (Å²) < 4.78 is 54.3. The molecule has 0 fully saturated rings. The first-order valence-electron chi connectivity index (χ1n) is 48.6. The molecule has 35 aromatic rings. The average Bonchev–Trinajstić information content (AvgIpc) is 1.53. The minimum atomic E-state index is 0.620. The Morgan fingerprint density at radius 3 is 0.855 bits per heavy atom. The molecule has 15 nitrogen and oxygen atoms in total. The van der Waals surface area contributed by atoms with E-state index in [4.69, 9.17) is 26.5 Å². The fourth-order valence-electron chi connectivity index (χ4n) is 23.9. The summed E-state index contributed by atoms with van der Waals surface area (Å²) in [5.41, 5.74) is 37.2. The molecular weight excluding hydrogens is 1800 g/mol. The molecule has 0 aliphatic heterocycles. The number of thiophene rings is 1. The molecule has 19 aromatic carbocycles. The van der Waals surface area contributed by atoms with Crippen LogP contribution in [-0.4, -0.2) is 42.4 Å². The summed E-state index contributed by atoms with van der Waals surface area (Å²) in [6.45, 7) is 0. The largest absolute Gasteiger partial charge is 0.456 e. The smallest absolute Gasteiger partial charge is 0.229 e. The Bertz CT molecular complexity index is 10400. The van der Waals surface area contributed by atoms with Crippen molar-refractivity contribution in [2.45, 2.75) is 0 Å². The van der Waals surface area contributed by atoms with E-state index in [2.05, 4.69) is 412 Å². The predicted molar refractivity (Wildman–Crippen MR) is 593 cm³/mol. The Morgan fingerprint density at radius 2 is 0.428 bits per heavy atom. The van der Waals surface area contributed by atoms with Crippen molar-refractivity contribution in [1.82, 2.24) is 42.4 Å². The summed E-state index contributed by atoms with van der Waals surface area (Å²) in [7, 11) is 0. The van der Waals surface area contributed by atoms with E-state index in [1.54, 1.807) is 0 Å². The maximum absolute atomic E-state index is 6.30. The van der Waals surface area contributed by atoms with Crippen LogP contribution in [0.3, 0.4) is 0 Å². The number of rotatable bonds is 9. The molecule has 16 heteroatoms. The second kappa shape index (κ2) is 30.5. The molecular formula is C129H73N9O6S. The van der Waals surface area contributed by atoms with Gasteiger partial charge in [0, 0.05) is 127 Å². The van der Waals surface area contributed by atoms with Crippen LogP contribution < -0.4 is 0 Å². The molecule has 0 aliphatic carbocycles. The van der Waals surface area contributed by atoms with Gasteiger partial charge in [-0.3, -0.25) is 0 Å². The van der Waals surface area contributed by atoms with Crippen molar-refractivity contribution in [3.05, 3.63) is 443 Å². The monoisotopic (exact) mass is 1880 g/mol. The Balaban J connectivity index is 0.0000000873. The van der Waals surface area contributed by atoms with Gasteiger partial charge in [0.15, 0.2) is 0 Å². The van der Waals surface area contributed by atoms with Crippen LogP contribution in [0.4, 0.5) is 0 Å². The molecule has 0 aliphatic rings. The standard InChI is InChI=1S/C42H25N3S.C30H17NO2.C29H16N2O2.C28H15N3O2/c1-3-11-26(12-4-1)43-31-16-8-7-15-29(31)30-25-28(21-22-32(30)43)45-34-18-9-17-33-39(34)41-36(44(33)27-13-5-2-6-14-27)23-24-38-42(41)40-35(45)19-10-20-37(40)46-38;1-2-7-18(8-3-1)19-9-4-10-20(17-19)31-21-11-5-13-23-27(21)29-25(32-23)15-16-26-30(29)28-22(31)12-6-14-24(28)33-26;1-2-6-17(7-3-1)18-8-4-9-19(16-18)31-20-10-5-11-22-25(20)27-23(32-22)12-13-24-28(27)26-21(31)14-15-30-29(26)33-24;1-2-5-16(6-3-1)17-7-4-8-18(15-17)31-19-11-13-29-27-23(19)25-21(32-27)9-10-22-26(25)24-20(31)12-14-30-28(24)33-22/h1-25H;1-17H;1-16H;1-15H. The summed E-state index contributed by atoms with van der Waals surface area (Å²) in [6, 6.07) is 150. The molecule has 16 heterocycles. The number of hydrogen-bond acceptors (Lipinski definition) is 10. The molecule has 145 heavy (non-hydrogen) atoms. The van der Waals surface area contributed by atoms with Crippen molar-refractivity contribution >= 4 is 251 Å². The van der Waals surface area contributed by atoms with E-state index in [1.807, 2.05) is 84.5 Å². The van der Waals surface area contributed by atoms with Crippen LogP contribution in [0, 0.1) is 0 Å². The molecule has 0 saturated heterocycles. The molecule has 0 bridgehead atoms. The van der Waals surface area contributed by atoms with Crippen molar-refractivity contribution in [3.63, 3.8) is 0 Å². The lowest BCUT2D eigenvalue weighted by Gasteiger charge is -2.14. The Morgan fingerprint density at radius 1 is 0.152 bits per heavy atom. The van der Waals surface area contributed by atoms with E-state index in [0.717, 1.165) is 176 Å². The lowest BCUT2D eigenvalue weighted by atomic mass is 10.0. The fourth-order valence-corrected chi connectivity index (χ4v) is 25.0. The van der Waals surface area contributed by atoms with Gasteiger partial charge in [-0.15, -0.1) is 11.3 Å². The molecule has 0 unspecified atom stereocenters. The molecule has 16 aromatic heterocycles. The molecule has 35 rings (SSSR count). The van der Waals surface area contributed by atoms with E-state index >= 15 is 0 Å². The van der Waals surface area contributed by atoms with Gasteiger partial charge in [-0.05, 0) is 246 Å².